The molecule has 0 fully saturated rings. The smallest absolute Gasteiger partial charge is 0.254 e. The van der Waals surface area contributed by atoms with Gasteiger partial charge in [-0.3, -0.25) is 14.9 Å². The number of hydrogen-bond acceptors (Lipinski definition) is 2. The van der Waals surface area contributed by atoms with Gasteiger partial charge in [-0.15, -0.1) is 23.2 Å². The van der Waals surface area contributed by atoms with Crippen LogP contribution in [-0.4, -0.2) is 22.1 Å². The summed E-state index contributed by atoms with van der Waals surface area (Å²) >= 11 is 12.4. The largest absolute Gasteiger partial charge is 0.289 e. The van der Waals surface area contributed by atoms with Crippen LogP contribution in [0.4, 0.5) is 0 Å². The lowest BCUT2D eigenvalue weighted by molar-refractivity contribution is -0.123. The third-order valence-electron chi connectivity index (χ3n) is 2.52. The average molecular weight is 258 g/mol. The van der Waals surface area contributed by atoms with Gasteiger partial charge in [-0.2, -0.15) is 0 Å². The van der Waals surface area contributed by atoms with E-state index in [2.05, 4.69) is 5.32 Å². The molecule has 2 rings (SSSR count). The van der Waals surface area contributed by atoms with E-state index in [1.54, 1.807) is 24.3 Å². The third-order valence-corrected chi connectivity index (χ3v) is 3.66. The summed E-state index contributed by atoms with van der Waals surface area (Å²) in [4.78, 5) is 21.5. The first kappa shape index (κ1) is 11.4. The van der Waals surface area contributed by atoms with Crippen molar-refractivity contribution in [2.75, 3.05) is 0 Å². The van der Waals surface area contributed by atoms with Crippen LogP contribution in [0.3, 0.4) is 0 Å². The van der Waals surface area contributed by atoms with E-state index in [9.17, 15) is 9.59 Å². The molecule has 1 N–H and O–H groups in total. The van der Waals surface area contributed by atoms with E-state index in [1.165, 1.54) is 6.08 Å². The minimum atomic E-state index is -0.843. The van der Waals surface area contributed by atoms with E-state index in [4.69, 9.17) is 23.2 Å². The molecule has 16 heavy (non-hydrogen) atoms. The summed E-state index contributed by atoms with van der Waals surface area (Å²) in [6, 6.07) is 0. The van der Waals surface area contributed by atoms with Gasteiger partial charge < -0.3 is 0 Å². The van der Waals surface area contributed by atoms with Crippen LogP contribution in [0.15, 0.2) is 36.0 Å². The zero-order valence-electron chi connectivity index (χ0n) is 8.24. The van der Waals surface area contributed by atoms with E-state index < -0.39 is 22.1 Å². The molecular weight excluding hydrogens is 249 g/mol. The van der Waals surface area contributed by atoms with Gasteiger partial charge in [0.25, 0.3) is 11.8 Å². The fraction of sp³-hybridized carbons (Fsp3) is 0.273. The van der Waals surface area contributed by atoms with Gasteiger partial charge in [-0.1, -0.05) is 24.3 Å². The molecule has 3 nitrogen and oxygen atoms in total. The van der Waals surface area contributed by atoms with Gasteiger partial charge in [-0.25, -0.2) is 0 Å². The molecule has 0 aromatic carbocycles. The number of allylic oxidation sites excluding steroid dienone is 4. The van der Waals surface area contributed by atoms with Crippen LogP contribution in [0.25, 0.3) is 0 Å². The van der Waals surface area contributed by atoms with Crippen molar-refractivity contribution in [1.82, 2.24) is 5.32 Å². The van der Waals surface area contributed by atoms with E-state index in [1.807, 2.05) is 0 Å². The SMILES string of the molecule is O=C1C=C(CC2(Cl)C=CC=CC2Cl)C(=O)N1. The summed E-state index contributed by atoms with van der Waals surface area (Å²) in [5.41, 5.74) is 0.366. The maximum Gasteiger partial charge on any atom is 0.254 e. The second-order valence-electron chi connectivity index (χ2n) is 3.74. The number of alkyl halides is 2. The van der Waals surface area contributed by atoms with Crippen LogP contribution >= 0.6 is 23.2 Å². The zero-order chi connectivity index (χ0) is 11.8. The number of carbonyl (C=O) groups excluding carboxylic acids is 2. The Morgan fingerprint density at radius 2 is 2.12 bits per heavy atom. The molecule has 2 unspecified atom stereocenters. The number of imide groups is 1. The molecule has 0 aromatic rings. The Morgan fingerprint density at radius 3 is 2.69 bits per heavy atom. The molecule has 1 aliphatic heterocycles. The highest BCUT2D eigenvalue weighted by Gasteiger charge is 2.37. The molecule has 0 saturated heterocycles. The maximum absolute atomic E-state index is 11.4. The lowest BCUT2D eigenvalue weighted by atomic mass is 9.91. The van der Waals surface area contributed by atoms with E-state index in [0.29, 0.717) is 5.57 Å². The normalized spacial score (nSPS) is 32.9. The monoisotopic (exact) mass is 257 g/mol. The van der Waals surface area contributed by atoms with Crippen LogP contribution in [0.5, 0.6) is 0 Å². The minimum Gasteiger partial charge on any atom is -0.289 e. The molecule has 1 heterocycles. The quantitative estimate of drug-likeness (QED) is 0.605. The van der Waals surface area contributed by atoms with Gasteiger partial charge in [-0.05, 0) is 0 Å². The second-order valence-corrected chi connectivity index (χ2v) is 4.91. The molecule has 5 heteroatoms. The number of hydrogen-bond donors (Lipinski definition) is 1. The van der Waals surface area contributed by atoms with Crippen LogP contribution in [0.1, 0.15) is 6.42 Å². The summed E-state index contributed by atoms with van der Waals surface area (Å²) in [5, 5.41) is 1.77. The summed E-state index contributed by atoms with van der Waals surface area (Å²) in [6.07, 6.45) is 8.57. The van der Waals surface area contributed by atoms with Gasteiger partial charge >= 0.3 is 0 Å². The first-order valence-electron chi connectivity index (χ1n) is 4.76. The Kier molecular flexibility index (Phi) is 2.91. The lowest BCUT2D eigenvalue weighted by Crippen LogP contribution is -2.33. The van der Waals surface area contributed by atoms with Crippen LogP contribution < -0.4 is 5.32 Å². The molecule has 2 aliphatic rings. The number of nitrogens with one attached hydrogen (secondary N) is 1. The van der Waals surface area contributed by atoms with Crippen molar-refractivity contribution in [1.29, 1.82) is 0 Å². The molecule has 0 aromatic heterocycles. The number of carbonyl (C=O) groups is 2. The predicted octanol–water partition coefficient (Wildman–Crippen LogP) is 1.67. The molecule has 2 atom stereocenters. The summed E-state index contributed by atoms with van der Waals surface area (Å²) in [7, 11) is 0. The molecule has 2 amide bonds. The Labute approximate surface area is 103 Å². The van der Waals surface area contributed by atoms with Gasteiger partial charge in [0, 0.05) is 18.1 Å². The van der Waals surface area contributed by atoms with Gasteiger partial charge in [0.2, 0.25) is 0 Å². The fourth-order valence-electron chi connectivity index (χ4n) is 1.66. The van der Waals surface area contributed by atoms with Crippen LogP contribution in [-0.2, 0) is 9.59 Å². The molecule has 0 bridgehead atoms. The highest BCUT2D eigenvalue weighted by Crippen LogP contribution is 2.36. The summed E-state index contributed by atoms with van der Waals surface area (Å²) < 4.78 is 0. The van der Waals surface area contributed by atoms with Crippen molar-refractivity contribution in [2.24, 2.45) is 0 Å². The van der Waals surface area contributed by atoms with E-state index >= 15 is 0 Å². The Hall–Kier alpha value is -1.06. The second kappa shape index (κ2) is 4.07. The molecule has 0 spiro atoms. The van der Waals surface area contributed by atoms with E-state index in [-0.39, 0.29) is 6.42 Å². The summed E-state index contributed by atoms with van der Waals surface area (Å²) in [5.74, 6) is -0.793. The third kappa shape index (κ3) is 2.06. The lowest BCUT2D eigenvalue weighted by Gasteiger charge is -2.28. The fourth-order valence-corrected chi connectivity index (χ4v) is 2.18. The Bertz CT molecular complexity index is 439. The number of rotatable bonds is 2. The minimum absolute atomic E-state index is 0.237. The van der Waals surface area contributed by atoms with E-state index in [0.717, 1.165) is 0 Å². The predicted molar refractivity (Wildman–Crippen MR) is 62.4 cm³/mol. The van der Waals surface area contributed by atoms with Crippen molar-refractivity contribution in [3.8, 4) is 0 Å². The van der Waals surface area contributed by atoms with Crippen molar-refractivity contribution in [2.45, 2.75) is 16.7 Å². The molecule has 0 saturated carbocycles. The van der Waals surface area contributed by atoms with Crippen molar-refractivity contribution in [3.05, 3.63) is 36.0 Å². The van der Waals surface area contributed by atoms with Crippen molar-refractivity contribution in [3.63, 3.8) is 0 Å². The molecule has 84 valence electrons. The van der Waals surface area contributed by atoms with Gasteiger partial charge in [0.05, 0.1) is 10.3 Å². The van der Waals surface area contributed by atoms with Crippen molar-refractivity contribution < 1.29 is 9.59 Å². The number of amides is 2. The van der Waals surface area contributed by atoms with Crippen molar-refractivity contribution >= 4 is 35.0 Å². The highest BCUT2D eigenvalue weighted by atomic mass is 35.5. The maximum atomic E-state index is 11.4. The molecule has 0 radical (unpaired) electrons. The first-order valence-corrected chi connectivity index (χ1v) is 5.57. The van der Waals surface area contributed by atoms with Crippen LogP contribution in [0.2, 0.25) is 0 Å². The average Bonchev–Trinajstić information content (AvgIpc) is 2.50. The highest BCUT2D eigenvalue weighted by molar-refractivity contribution is 6.35. The topological polar surface area (TPSA) is 46.2 Å². The van der Waals surface area contributed by atoms with Crippen LogP contribution in [0, 0.1) is 0 Å². The Balaban J connectivity index is 2.18. The molecular formula is C11H9Cl2NO2. The van der Waals surface area contributed by atoms with Gasteiger partial charge in [0.15, 0.2) is 0 Å². The number of halogens is 2. The summed E-state index contributed by atoms with van der Waals surface area (Å²) in [6.45, 7) is 0. The standard InChI is InChI=1S/C11H9Cl2NO2/c12-8-3-1-2-4-11(8,13)6-7-5-9(15)14-10(7)16/h1-5,8H,6H2,(H,14,15,16). The van der Waals surface area contributed by atoms with Gasteiger partial charge in [0.1, 0.15) is 0 Å². The Morgan fingerprint density at radius 1 is 1.38 bits per heavy atom. The molecule has 1 aliphatic carbocycles. The zero-order valence-corrected chi connectivity index (χ0v) is 9.76. The first-order chi connectivity index (χ1) is 7.51.